The Hall–Kier alpha value is -1.84. The summed E-state index contributed by atoms with van der Waals surface area (Å²) in [5, 5.41) is 2.70. The van der Waals surface area contributed by atoms with E-state index in [2.05, 4.69) is 12.2 Å². The highest BCUT2D eigenvalue weighted by atomic mass is 16.2. The van der Waals surface area contributed by atoms with Gasteiger partial charge < -0.3 is 10.2 Å². The molecular formula is C15H20N2O2. The predicted octanol–water partition coefficient (Wildman–Crippen LogP) is 2.66. The van der Waals surface area contributed by atoms with Gasteiger partial charge in [-0.2, -0.15) is 0 Å². The topological polar surface area (TPSA) is 49.4 Å². The monoisotopic (exact) mass is 260 g/mol. The molecule has 1 saturated heterocycles. The molecule has 1 heterocycles. The molecule has 2 amide bonds. The molecule has 4 nitrogen and oxygen atoms in total. The van der Waals surface area contributed by atoms with Gasteiger partial charge >= 0.3 is 0 Å². The number of hydrogen-bond donors (Lipinski definition) is 1. The maximum atomic E-state index is 12.4. The van der Waals surface area contributed by atoms with E-state index in [-0.39, 0.29) is 11.8 Å². The van der Waals surface area contributed by atoms with E-state index in [1.165, 1.54) is 13.3 Å². The Balaban J connectivity index is 2.08. The van der Waals surface area contributed by atoms with Crippen molar-refractivity contribution in [2.24, 2.45) is 0 Å². The van der Waals surface area contributed by atoms with Crippen LogP contribution >= 0.6 is 0 Å². The van der Waals surface area contributed by atoms with Crippen molar-refractivity contribution in [3.8, 4) is 0 Å². The first-order chi connectivity index (χ1) is 9.08. The third kappa shape index (κ3) is 3.34. The van der Waals surface area contributed by atoms with Crippen LogP contribution in [0.3, 0.4) is 0 Å². The Labute approximate surface area is 113 Å². The zero-order valence-corrected chi connectivity index (χ0v) is 11.5. The lowest BCUT2D eigenvalue weighted by Crippen LogP contribution is -2.42. The molecule has 1 fully saturated rings. The molecule has 102 valence electrons. The summed E-state index contributed by atoms with van der Waals surface area (Å²) in [6, 6.07) is 7.40. The number of piperidine rings is 1. The van der Waals surface area contributed by atoms with Crippen molar-refractivity contribution in [1.82, 2.24) is 4.90 Å². The molecule has 1 aromatic rings. The fourth-order valence-corrected chi connectivity index (χ4v) is 2.47. The third-order valence-electron chi connectivity index (χ3n) is 3.52. The van der Waals surface area contributed by atoms with Gasteiger partial charge in [0.15, 0.2) is 0 Å². The fraction of sp³-hybridized carbons (Fsp3) is 0.467. The van der Waals surface area contributed by atoms with Gasteiger partial charge in [-0.05, 0) is 50.5 Å². The van der Waals surface area contributed by atoms with Crippen LogP contribution in [0.15, 0.2) is 24.3 Å². The molecule has 2 rings (SSSR count). The van der Waals surface area contributed by atoms with Gasteiger partial charge in [0.25, 0.3) is 5.91 Å². The van der Waals surface area contributed by atoms with Gasteiger partial charge in [-0.15, -0.1) is 0 Å². The summed E-state index contributed by atoms with van der Waals surface area (Å²) in [5.74, 6) is -0.0229. The molecule has 1 aliphatic rings. The molecule has 1 N–H and O–H groups in total. The summed E-state index contributed by atoms with van der Waals surface area (Å²) in [4.78, 5) is 25.3. The first-order valence-corrected chi connectivity index (χ1v) is 6.76. The molecule has 1 aromatic carbocycles. The van der Waals surface area contributed by atoms with E-state index >= 15 is 0 Å². The van der Waals surface area contributed by atoms with Crippen molar-refractivity contribution in [2.45, 2.75) is 39.2 Å². The number of carbonyl (C=O) groups excluding carboxylic acids is 2. The van der Waals surface area contributed by atoms with Crippen LogP contribution in [0.2, 0.25) is 0 Å². The molecule has 1 atom stereocenters. The maximum absolute atomic E-state index is 12.4. The van der Waals surface area contributed by atoms with Gasteiger partial charge in [-0.25, -0.2) is 0 Å². The van der Waals surface area contributed by atoms with Crippen molar-refractivity contribution < 1.29 is 9.59 Å². The molecule has 4 heteroatoms. The SMILES string of the molecule is CC(=O)Nc1ccc(C(=O)N2CCCC[C@@H]2C)cc1. The van der Waals surface area contributed by atoms with Crippen LogP contribution in [-0.2, 0) is 4.79 Å². The van der Waals surface area contributed by atoms with Crippen LogP contribution in [0.4, 0.5) is 5.69 Å². The Kier molecular flexibility index (Phi) is 4.20. The Bertz CT molecular complexity index is 468. The molecule has 0 saturated carbocycles. The number of carbonyl (C=O) groups is 2. The van der Waals surface area contributed by atoms with Crippen molar-refractivity contribution in [2.75, 3.05) is 11.9 Å². The summed E-state index contributed by atoms with van der Waals surface area (Å²) < 4.78 is 0. The Morgan fingerprint density at radius 1 is 1.21 bits per heavy atom. The van der Waals surface area contributed by atoms with Crippen LogP contribution in [0.5, 0.6) is 0 Å². The lowest BCUT2D eigenvalue weighted by Gasteiger charge is -2.33. The van der Waals surface area contributed by atoms with Crippen LogP contribution in [0, 0.1) is 0 Å². The Morgan fingerprint density at radius 2 is 1.89 bits per heavy atom. The van der Waals surface area contributed by atoms with E-state index in [0.29, 0.717) is 11.6 Å². The minimum absolute atomic E-state index is 0.0848. The molecule has 0 aromatic heterocycles. The van der Waals surface area contributed by atoms with Gasteiger partial charge in [0, 0.05) is 30.8 Å². The summed E-state index contributed by atoms with van der Waals surface area (Å²) in [6.45, 7) is 4.41. The van der Waals surface area contributed by atoms with Crippen molar-refractivity contribution in [1.29, 1.82) is 0 Å². The van der Waals surface area contributed by atoms with Crippen LogP contribution in [0.1, 0.15) is 43.5 Å². The van der Waals surface area contributed by atoms with Gasteiger partial charge in [-0.1, -0.05) is 0 Å². The molecule has 19 heavy (non-hydrogen) atoms. The average molecular weight is 260 g/mol. The largest absolute Gasteiger partial charge is 0.336 e. The summed E-state index contributed by atoms with van der Waals surface area (Å²) in [7, 11) is 0. The maximum Gasteiger partial charge on any atom is 0.254 e. The predicted molar refractivity (Wildman–Crippen MR) is 75.1 cm³/mol. The average Bonchev–Trinajstić information content (AvgIpc) is 2.39. The van der Waals surface area contributed by atoms with E-state index in [1.54, 1.807) is 24.3 Å². The summed E-state index contributed by atoms with van der Waals surface area (Å²) >= 11 is 0. The minimum atomic E-state index is -0.108. The number of anilines is 1. The molecular weight excluding hydrogens is 240 g/mol. The number of likely N-dealkylation sites (tertiary alicyclic amines) is 1. The highest BCUT2D eigenvalue weighted by Gasteiger charge is 2.23. The van der Waals surface area contributed by atoms with Gasteiger partial charge in [-0.3, -0.25) is 9.59 Å². The number of nitrogens with one attached hydrogen (secondary N) is 1. The van der Waals surface area contributed by atoms with Gasteiger partial charge in [0.2, 0.25) is 5.91 Å². The van der Waals surface area contributed by atoms with Crippen molar-refractivity contribution in [3.05, 3.63) is 29.8 Å². The summed E-state index contributed by atoms with van der Waals surface area (Å²) in [5.41, 5.74) is 1.40. The third-order valence-corrected chi connectivity index (χ3v) is 3.52. The van der Waals surface area contributed by atoms with Crippen LogP contribution < -0.4 is 5.32 Å². The van der Waals surface area contributed by atoms with E-state index in [4.69, 9.17) is 0 Å². The minimum Gasteiger partial charge on any atom is -0.336 e. The number of nitrogens with zero attached hydrogens (tertiary/aromatic N) is 1. The first kappa shape index (κ1) is 13.6. The van der Waals surface area contributed by atoms with E-state index < -0.39 is 0 Å². The summed E-state index contributed by atoms with van der Waals surface area (Å²) in [6.07, 6.45) is 3.36. The number of benzene rings is 1. The van der Waals surface area contributed by atoms with Crippen molar-refractivity contribution in [3.63, 3.8) is 0 Å². The van der Waals surface area contributed by atoms with E-state index in [1.807, 2.05) is 4.90 Å². The van der Waals surface area contributed by atoms with E-state index in [0.717, 1.165) is 25.1 Å². The van der Waals surface area contributed by atoms with Crippen LogP contribution in [0.25, 0.3) is 0 Å². The second kappa shape index (κ2) is 5.87. The number of rotatable bonds is 2. The van der Waals surface area contributed by atoms with Crippen LogP contribution in [-0.4, -0.2) is 29.3 Å². The second-order valence-corrected chi connectivity index (χ2v) is 5.10. The quantitative estimate of drug-likeness (QED) is 0.888. The van der Waals surface area contributed by atoms with Gasteiger partial charge in [0.1, 0.15) is 0 Å². The zero-order chi connectivity index (χ0) is 13.8. The Morgan fingerprint density at radius 3 is 2.47 bits per heavy atom. The standard InChI is InChI=1S/C15H20N2O2/c1-11-5-3-4-10-17(11)15(19)13-6-8-14(9-7-13)16-12(2)18/h6-9,11H,3-5,10H2,1-2H3,(H,16,18)/t11-/m0/s1. The molecule has 0 bridgehead atoms. The van der Waals surface area contributed by atoms with E-state index in [9.17, 15) is 9.59 Å². The molecule has 0 aliphatic carbocycles. The highest BCUT2D eigenvalue weighted by Crippen LogP contribution is 2.20. The fourth-order valence-electron chi connectivity index (χ4n) is 2.47. The number of hydrogen-bond acceptors (Lipinski definition) is 2. The highest BCUT2D eigenvalue weighted by molar-refractivity contribution is 5.95. The molecule has 1 aliphatic heterocycles. The lowest BCUT2D eigenvalue weighted by atomic mass is 10.0. The number of amides is 2. The first-order valence-electron chi connectivity index (χ1n) is 6.76. The normalized spacial score (nSPS) is 19.1. The molecule has 0 unspecified atom stereocenters. The molecule has 0 radical (unpaired) electrons. The molecule has 0 spiro atoms. The second-order valence-electron chi connectivity index (χ2n) is 5.10. The lowest BCUT2D eigenvalue weighted by molar-refractivity contribution is -0.114. The smallest absolute Gasteiger partial charge is 0.254 e. The van der Waals surface area contributed by atoms with Gasteiger partial charge in [0.05, 0.1) is 0 Å². The zero-order valence-electron chi connectivity index (χ0n) is 11.5. The van der Waals surface area contributed by atoms with Crippen molar-refractivity contribution >= 4 is 17.5 Å².